The molecule has 5 nitrogen and oxygen atoms in total. The second-order valence-corrected chi connectivity index (χ2v) is 6.67. The lowest BCUT2D eigenvalue weighted by Gasteiger charge is -2.23. The molecule has 1 fully saturated rings. The summed E-state index contributed by atoms with van der Waals surface area (Å²) in [6, 6.07) is 17.8. The third kappa shape index (κ3) is 5.30. The third-order valence-electron chi connectivity index (χ3n) is 4.74. The quantitative estimate of drug-likeness (QED) is 0.575. The van der Waals surface area contributed by atoms with Crippen molar-refractivity contribution in [3.05, 3.63) is 83.6 Å². The molecule has 3 rings (SSSR count). The molecule has 1 saturated carbocycles. The minimum atomic E-state index is -1.03. The van der Waals surface area contributed by atoms with Crippen molar-refractivity contribution in [1.82, 2.24) is 5.32 Å². The lowest BCUT2D eigenvalue weighted by Crippen LogP contribution is -2.37. The van der Waals surface area contributed by atoms with Gasteiger partial charge in [0, 0.05) is 25.5 Å². The number of ketones is 2. The molecule has 0 amide bonds. The largest absolute Gasteiger partial charge is 0.480 e. The van der Waals surface area contributed by atoms with Crippen LogP contribution in [0, 0.1) is 0 Å². The maximum atomic E-state index is 12.5. The van der Waals surface area contributed by atoms with Crippen LogP contribution in [-0.4, -0.2) is 28.7 Å². The maximum absolute atomic E-state index is 12.5. The van der Waals surface area contributed by atoms with Gasteiger partial charge in [-0.3, -0.25) is 9.59 Å². The number of rotatable bonds is 6. The van der Waals surface area contributed by atoms with E-state index in [0.717, 1.165) is 11.1 Å². The zero-order valence-electron chi connectivity index (χ0n) is 15.2. The van der Waals surface area contributed by atoms with Gasteiger partial charge in [0.05, 0.1) is 5.57 Å². The molecule has 2 N–H and O–H groups in total. The van der Waals surface area contributed by atoms with Crippen LogP contribution in [0.3, 0.4) is 0 Å². The Bertz CT molecular complexity index is 845. The molecular formula is C22H22ClNO4. The number of Topliss-reactive ketones (excluding diaryl/α,β-unsaturated/α-hetero) is 2. The number of carboxylic acids is 1. The van der Waals surface area contributed by atoms with Crippen LogP contribution >= 0.6 is 12.4 Å². The zero-order valence-corrected chi connectivity index (χ0v) is 16.0. The SMILES string of the molecule is Cl.O=C1CC(c2ccccc2)CC(=O)C1=CNC(Cc1ccccc1)C(=O)O. The highest BCUT2D eigenvalue weighted by Gasteiger charge is 2.31. The highest BCUT2D eigenvalue weighted by atomic mass is 35.5. The van der Waals surface area contributed by atoms with Gasteiger partial charge in [0.1, 0.15) is 6.04 Å². The Labute approximate surface area is 169 Å². The van der Waals surface area contributed by atoms with E-state index in [2.05, 4.69) is 5.32 Å². The Morgan fingerprint density at radius 3 is 2.07 bits per heavy atom. The van der Waals surface area contributed by atoms with Crippen LogP contribution in [0.5, 0.6) is 0 Å². The summed E-state index contributed by atoms with van der Waals surface area (Å²) in [6.45, 7) is 0. The van der Waals surface area contributed by atoms with Crippen molar-refractivity contribution in [2.24, 2.45) is 0 Å². The van der Waals surface area contributed by atoms with Gasteiger partial charge in [-0.2, -0.15) is 0 Å². The highest BCUT2D eigenvalue weighted by Crippen LogP contribution is 2.31. The summed E-state index contributed by atoms with van der Waals surface area (Å²) < 4.78 is 0. The number of hydrogen-bond donors (Lipinski definition) is 2. The van der Waals surface area contributed by atoms with Crippen LogP contribution in [0.2, 0.25) is 0 Å². The number of carbonyl (C=O) groups is 3. The molecule has 2 aromatic carbocycles. The highest BCUT2D eigenvalue weighted by molar-refractivity contribution is 6.22. The predicted molar refractivity (Wildman–Crippen MR) is 108 cm³/mol. The minimum Gasteiger partial charge on any atom is -0.480 e. The van der Waals surface area contributed by atoms with E-state index in [1.807, 2.05) is 60.7 Å². The fraction of sp³-hybridized carbons (Fsp3) is 0.227. The van der Waals surface area contributed by atoms with Crippen molar-refractivity contribution in [2.75, 3.05) is 0 Å². The summed E-state index contributed by atoms with van der Waals surface area (Å²) >= 11 is 0. The fourth-order valence-corrected chi connectivity index (χ4v) is 3.27. The normalized spacial score (nSPS) is 17.4. The Kier molecular flexibility index (Phi) is 7.52. The molecule has 146 valence electrons. The van der Waals surface area contributed by atoms with Gasteiger partial charge in [-0.15, -0.1) is 12.4 Å². The van der Waals surface area contributed by atoms with Gasteiger partial charge in [0.25, 0.3) is 0 Å². The van der Waals surface area contributed by atoms with Gasteiger partial charge in [-0.05, 0) is 17.0 Å². The lowest BCUT2D eigenvalue weighted by atomic mass is 9.80. The van der Waals surface area contributed by atoms with Crippen LogP contribution in [0.4, 0.5) is 0 Å². The number of allylic oxidation sites excluding steroid dienone is 1. The third-order valence-corrected chi connectivity index (χ3v) is 4.74. The fourth-order valence-electron chi connectivity index (χ4n) is 3.27. The standard InChI is InChI=1S/C22H21NO4.ClH/c24-20-12-17(16-9-5-2-6-10-16)13-21(25)18(20)14-23-19(22(26)27)11-15-7-3-1-4-8-15;/h1-10,14,17,19,23H,11-13H2,(H,26,27);1H. The van der Waals surface area contributed by atoms with Gasteiger partial charge >= 0.3 is 5.97 Å². The van der Waals surface area contributed by atoms with Crippen LogP contribution in [0.25, 0.3) is 0 Å². The van der Waals surface area contributed by atoms with E-state index in [4.69, 9.17) is 0 Å². The van der Waals surface area contributed by atoms with Gasteiger partial charge < -0.3 is 10.4 Å². The van der Waals surface area contributed by atoms with Gasteiger partial charge in [-0.25, -0.2) is 4.79 Å². The number of carbonyl (C=O) groups excluding carboxylic acids is 2. The molecular weight excluding hydrogens is 378 g/mol. The van der Waals surface area contributed by atoms with E-state index in [-0.39, 0.29) is 54.7 Å². The van der Waals surface area contributed by atoms with Crippen molar-refractivity contribution in [2.45, 2.75) is 31.2 Å². The van der Waals surface area contributed by atoms with E-state index in [1.54, 1.807) is 0 Å². The van der Waals surface area contributed by atoms with Crippen molar-refractivity contribution in [3.63, 3.8) is 0 Å². The summed E-state index contributed by atoms with van der Waals surface area (Å²) in [7, 11) is 0. The monoisotopic (exact) mass is 399 g/mol. The van der Waals surface area contributed by atoms with Gasteiger partial charge in [-0.1, -0.05) is 60.7 Å². The van der Waals surface area contributed by atoms with E-state index in [0.29, 0.717) is 0 Å². The van der Waals surface area contributed by atoms with E-state index < -0.39 is 12.0 Å². The summed E-state index contributed by atoms with van der Waals surface area (Å²) in [6.07, 6.45) is 2.04. The molecule has 28 heavy (non-hydrogen) atoms. The average molecular weight is 400 g/mol. The van der Waals surface area contributed by atoms with Crippen LogP contribution in [0.15, 0.2) is 72.4 Å². The van der Waals surface area contributed by atoms with Crippen LogP contribution in [-0.2, 0) is 20.8 Å². The van der Waals surface area contributed by atoms with Crippen LogP contribution in [0.1, 0.15) is 29.9 Å². The van der Waals surface area contributed by atoms with Crippen molar-refractivity contribution < 1.29 is 19.5 Å². The van der Waals surface area contributed by atoms with E-state index >= 15 is 0 Å². The van der Waals surface area contributed by atoms with E-state index in [1.165, 1.54) is 6.20 Å². The summed E-state index contributed by atoms with van der Waals surface area (Å²) in [5.41, 5.74) is 1.89. The van der Waals surface area contributed by atoms with Crippen molar-refractivity contribution >= 4 is 29.9 Å². The minimum absolute atomic E-state index is 0. The summed E-state index contributed by atoms with van der Waals surface area (Å²) in [5.74, 6) is -1.66. The Morgan fingerprint density at radius 2 is 1.54 bits per heavy atom. The maximum Gasteiger partial charge on any atom is 0.326 e. The van der Waals surface area contributed by atoms with Crippen molar-refractivity contribution in [3.8, 4) is 0 Å². The lowest BCUT2D eigenvalue weighted by molar-refractivity contribution is -0.139. The molecule has 0 spiro atoms. The number of halogens is 1. The first-order valence-corrected chi connectivity index (χ1v) is 8.89. The van der Waals surface area contributed by atoms with Gasteiger partial charge in [0.2, 0.25) is 0 Å². The molecule has 0 aliphatic heterocycles. The molecule has 1 atom stereocenters. The molecule has 0 radical (unpaired) electrons. The number of aliphatic carboxylic acids is 1. The Hall–Kier alpha value is -2.92. The first kappa shape index (κ1) is 21.4. The molecule has 1 unspecified atom stereocenters. The molecule has 2 aromatic rings. The first-order valence-electron chi connectivity index (χ1n) is 8.89. The second kappa shape index (κ2) is 9.85. The molecule has 0 bridgehead atoms. The summed E-state index contributed by atoms with van der Waals surface area (Å²) in [4.78, 5) is 36.4. The molecule has 1 aliphatic carbocycles. The molecule has 0 saturated heterocycles. The molecule has 6 heteroatoms. The number of carboxylic acid groups (broad SMARTS) is 1. The van der Waals surface area contributed by atoms with E-state index in [9.17, 15) is 19.5 Å². The number of nitrogens with one attached hydrogen (secondary N) is 1. The first-order chi connectivity index (χ1) is 13.0. The Morgan fingerprint density at radius 1 is 1.00 bits per heavy atom. The predicted octanol–water partition coefficient (Wildman–Crippen LogP) is 3.29. The average Bonchev–Trinajstić information content (AvgIpc) is 2.67. The number of benzene rings is 2. The topological polar surface area (TPSA) is 83.5 Å². The molecule has 0 aromatic heterocycles. The second-order valence-electron chi connectivity index (χ2n) is 6.67. The zero-order chi connectivity index (χ0) is 19.2. The van der Waals surface area contributed by atoms with Crippen LogP contribution < -0.4 is 5.32 Å². The number of hydrogen-bond acceptors (Lipinski definition) is 4. The Balaban J connectivity index is 0.00000280. The smallest absolute Gasteiger partial charge is 0.326 e. The molecule has 1 aliphatic rings. The van der Waals surface area contributed by atoms with Crippen molar-refractivity contribution in [1.29, 1.82) is 0 Å². The summed E-state index contributed by atoms with van der Waals surface area (Å²) in [5, 5.41) is 12.2. The van der Waals surface area contributed by atoms with Gasteiger partial charge in [0.15, 0.2) is 11.6 Å². The molecule has 0 heterocycles.